The fourth-order valence-electron chi connectivity index (χ4n) is 18.5. The molecule has 6 heterocycles. The molecule has 0 N–H and O–H groups in total. The Bertz CT molecular complexity index is 6470. The normalized spacial score (nSPS) is 13.6. The molecule has 106 heavy (non-hydrogen) atoms. The van der Waals surface area contributed by atoms with Crippen LogP contribution in [0, 0.1) is 0 Å². The summed E-state index contributed by atoms with van der Waals surface area (Å²) >= 11 is 1.88. The van der Waals surface area contributed by atoms with E-state index in [1.165, 1.54) is 103 Å². The Labute approximate surface area is 616 Å². The summed E-state index contributed by atoms with van der Waals surface area (Å²) in [7, 11) is 0. The summed E-state index contributed by atoms with van der Waals surface area (Å²) in [5.74, 6) is 1.77. The minimum absolute atomic E-state index is 0.467. The van der Waals surface area contributed by atoms with Gasteiger partial charge in [0, 0.05) is 52.8 Å². The van der Waals surface area contributed by atoms with Crippen LogP contribution in [0.5, 0.6) is 0 Å². The van der Waals surface area contributed by atoms with Crippen LogP contribution in [0.4, 0.5) is 34.4 Å². The van der Waals surface area contributed by atoms with Gasteiger partial charge in [-0.05, 0) is 155 Å². The van der Waals surface area contributed by atoms with Crippen LogP contribution in [0.15, 0.2) is 381 Å². The van der Waals surface area contributed by atoms with Crippen molar-refractivity contribution in [2.75, 3.05) is 9.80 Å². The van der Waals surface area contributed by atoms with E-state index >= 15 is 0 Å². The van der Waals surface area contributed by atoms with Crippen LogP contribution in [-0.4, -0.2) is 9.97 Å². The van der Waals surface area contributed by atoms with Crippen molar-refractivity contribution < 1.29 is 4.42 Å². The molecule has 2 aliphatic heterocycles. The van der Waals surface area contributed by atoms with E-state index in [2.05, 4.69) is 386 Å². The number of thiophene rings is 1. The van der Waals surface area contributed by atoms with Gasteiger partial charge in [0.15, 0.2) is 0 Å². The van der Waals surface area contributed by atoms with Crippen molar-refractivity contribution >= 4 is 131 Å². The summed E-state index contributed by atoms with van der Waals surface area (Å²) in [6.07, 6.45) is 0. The maximum absolute atomic E-state index is 6.60. The first-order valence-electron chi connectivity index (χ1n) is 36.4. The van der Waals surface area contributed by atoms with Gasteiger partial charge in [-0.25, -0.2) is 9.97 Å². The van der Waals surface area contributed by atoms with Crippen molar-refractivity contribution in [2.45, 2.75) is 10.8 Å². The average molecular weight is 1370 g/mol. The van der Waals surface area contributed by atoms with Gasteiger partial charge in [0.05, 0.1) is 45.0 Å². The number of pyridine rings is 2. The highest BCUT2D eigenvalue weighted by atomic mass is 32.1. The Balaban J connectivity index is 0.000000132. The van der Waals surface area contributed by atoms with Gasteiger partial charge in [0.1, 0.15) is 22.8 Å². The number of nitrogens with zero attached hydrogens (tertiary/aromatic N) is 4. The number of hydrogen-bond donors (Lipinski definition) is 0. The zero-order valence-corrected chi connectivity index (χ0v) is 58.2. The van der Waals surface area contributed by atoms with Crippen LogP contribution in [0.1, 0.15) is 44.5 Å². The van der Waals surface area contributed by atoms with Crippen molar-refractivity contribution in [2.24, 2.45) is 0 Å². The summed E-state index contributed by atoms with van der Waals surface area (Å²) in [6, 6.07) is 137. The highest BCUT2D eigenvalue weighted by Crippen LogP contribution is 2.64. The Morgan fingerprint density at radius 3 is 1.08 bits per heavy atom. The summed E-state index contributed by atoms with van der Waals surface area (Å²) in [5, 5.41) is 14.4. The molecule has 0 saturated heterocycles. The molecule has 0 fully saturated rings. The summed E-state index contributed by atoms with van der Waals surface area (Å²) in [6.45, 7) is 0. The Morgan fingerprint density at radius 1 is 0.255 bits per heavy atom. The molecule has 0 saturated carbocycles. The number of rotatable bonds is 6. The lowest BCUT2D eigenvalue weighted by molar-refractivity contribution is 0.669. The third kappa shape index (κ3) is 8.59. The van der Waals surface area contributed by atoms with Crippen molar-refractivity contribution in [1.82, 2.24) is 9.97 Å². The largest absolute Gasteiger partial charge is 0.456 e. The molecular weight excluding hydrogens is 1310 g/mol. The number of furan rings is 1. The molecule has 3 aliphatic rings. The molecule has 16 aromatic carbocycles. The van der Waals surface area contributed by atoms with Crippen molar-refractivity contribution in [1.29, 1.82) is 0 Å². The molecule has 0 radical (unpaired) electrons. The molecule has 20 aromatic rings. The van der Waals surface area contributed by atoms with Crippen LogP contribution in [0.25, 0.3) is 119 Å². The quantitative estimate of drug-likeness (QED) is 0.166. The number of para-hydroxylation sites is 4. The van der Waals surface area contributed by atoms with Crippen LogP contribution >= 0.6 is 11.3 Å². The minimum atomic E-state index is -0.557. The molecule has 494 valence electrons. The third-order valence-electron chi connectivity index (χ3n) is 22.8. The first kappa shape index (κ1) is 60.1. The predicted octanol–water partition coefficient (Wildman–Crippen LogP) is 26.7. The molecule has 4 aromatic heterocycles. The first-order valence-corrected chi connectivity index (χ1v) is 37.2. The molecular formula is C100H62N4OS. The van der Waals surface area contributed by atoms with Crippen LogP contribution in [0.2, 0.25) is 0 Å². The van der Waals surface area contributed by atoms with E-state index in [1.807, 2.05) is 11.3 Å². The maximum Gasteiger partial charge on any atom is 0.138 e. The van der Waals surface area contributed by atoms with Gasteiger partial charge in [-0.15, -0.1) is 11.3 Å². The SMILES string of the molecule is c1ccc(-c2nc(N3c4ccccc4C(c4ccccc4)(c4ccccc4)c4ccccc43)cc3c2ccc2oc4ccc5ccccc5c4c23)cc1.c1ccc(-c2nc(N3c4ccccc4C4(c5ccccc5-c5ccccc54)c4ccccc43)cc3c2ccc2sc4ccc5ccccc5c4c23)cc1. The number of anilines is 6. The van der Waals surface area contributed by atoms with Gasteiger partial charge in [0.25, 0.3) is 0 Å². The number of fused-ring (bicyclic) bond motifs is 25. The molecule has 0 bridgehead atoms. The average Bonchev–Trinajstić information content (AvgIpc) is 1.12. The lowest BCUT2D eigenvalue weighted by Crippen LogP contribution is -2.37. The molecule has 1 aliphatic carbocycles. The maximum atomic E-state index is 6.60. The smallest absolute Gasteiger partial charge is 0.138 e. The van der Waals surface area contributed by atoms with E-state index in [1.54, 1.807) is 0 Å². The van der Waals surface area contributed by atoms with Crippen molar-refractivity contribution in [3.8, 4) is 33.6 Å². The monoisotopic (exact) mass is 1370 g/mol. The standard InChI is InChI=1S/C50H32N2O.C50H30N2S/c1-4-17-34(18-5-1)49-38-29-31-45-48(47-37-23-11-10-16-33(37)28-30-44(47)53-45)39(38)32-46(51-49)52-42-26-14-12-24-40(42)50(35-19-6-2-7-20-35,36-21-8-3-9-22-36)41-25-13-15-27-43(41)52;1-2-15-32(16-3-1)49-36-27-29-45-48(47-33-17-5-4-14-31(33)26-28-44(47)53-45)37(36)30-46(51-49)52-42-24-12-10-22-40(42)50(41-23-11-13-25-43(41)52)38-20-8-6-18-34(38)35-19-7-9-21-39(35)50/h1-32H;1-30H. The van der Waals surface area contributed by atoms with Gasteiger partial charge in [-0.2, -0.15) is 0 Å². The topological polar surface area (TPSA) is 45.4 Å². The zero-order chi connectivity index (χ0) is 69.6. The predicted molar refractivity (Wildman–Crippen MR) is 442 cm³/mol. The van der Waals surface area contributed by atoms with E-state index < -0.39 is 10.8 Å². The molecule has 0 atom stereocenters. The van der Waals surface area contributed by atoms with E-state index in [9.17, 15) is 0 Å². The number of hydrogen-bond acceptors (Lipinski definition) is 6. The van der Waals surface area contributed by atoms with Gasteiger partial charge >= 0.3 is 0 Å². The Hall–Kier alpha value is -13.5. The molecule has 23 rings (SSSR count). The molecule has 0 amide bonds. The minimum Gasteiger partial charge on any atom is -0.456 e. The summed E-state index contributed by atoms with van der Waals surface area (Å²) in [5.41, 5.74) is 22.0. The Kier molecular flexibility index (Phi) is 13.3. The molecule has 5 nitrogen and oxygen atoms in total. The van der Waals surface area contributed by atoms with Gasteiger partial charge in [0.2, 0.25) is 0 Å². The zero-order valence-electron chi connectivity index (χ0n) is 57.4. The van der Waals surface area contributed by atoms with E-state index in [-0.39, 0.29) is 0 Å². The molecule has 6 heteroatoms. The highest BCUT2D eigenvalue weighted by molar-refractivity contribution is 7.26. The second-order valence-corrected chi connectivity index (χ2v) is 29.1. The van der Waals surface area contributed by atoms with Gasteiger partial charge in [-0.3, -0.25) is 9.80 Å². The number of aromatic nitrogens is 2. The third-order valence-corrected chi connectivity index (χ3v) is 23.9. The Morgan fingerprint density at radius 2 is 0.594 bits per heavy atom. The van der Waals surface area contributed by atoms with Crippen molar-refractivity contribution in [3.05, 3.63) is 421 Å². The summed E-state index contributed by atoms with van der Waals surface area (Å²) < 4.78 is 9.20. The van der Waals surface area contributed by atoms with E-state index in [0.29, 0.717) is 0 Å². The van der Waals surface area contributed by atoms with E-state index in [0.717, 1.165) is 95.0 Å². The van der Waals surface area contributed by atoms with Gasteiger partial charge in [-0.1, -0.05) is 309 Å². The van der Waals surface area contributed by atoms with Crippen LogP contribution in [-0.2, 0) is 10.8 Å². The first-order chi connectivity index (χ1) is 52.6. The second-order valence-electron chi connectivity index (χ2n) is 28.0. The second kappa shape index (κ2) is 23.5. The molecule has 0 unspecified atom stereocenters. The van der Waals surface area contributed by atoms with Crippen LogP contribution < -0.4 is 9.80 Å². The fourth-order valence-corrected chi connectivity index (χ4v) is 19.7. The highest BCUT2D eigenvalue weighted by Gasteiger charge is 2.52. The summed E-state index contributed by atoms with van der Waals surface area (Å²) in [4.78, 5) is 16.1. The lowest BCUT2D eigenvalue weighted by Gasteiger charge is -2.46. The van der Waals surface area contributed by atoms with E-state index in [4.69, 9.17) is 14.4 Å². The van der Waals surface area contributed by atoms with Gasteiger partial charge < -0.3 is 4.42 Å². The lowest BCUT2D eigenvalue weighted by atomic mass is 9.62. The molecule has 1 spiro atoms. The fraction of sp³-hybridized carbons (Fsp3) is 0.0200. The van der Waals surface area contributed by atoms with Crippen molar-refractivity contribution in [3.63, 3.8) is 0 Å². The number of benzene rings is 16. The van der Waals surface area contributed by atoms with Crippen LogP contribution in [0.3, 0.4) is 0 Å².